The zero-order valence-corrected chi connectivity index (χ0v) is 16.6. The van der Waals surface area contributed by atoms with Crippen LogP contribution in [-0.4, -0.2) is 49.3 Å². The number of nitrogens with zero attached hydrogens (tertiary/aromatic N) is 2. The van der Waals surface area contributed by atoms with Crippen LogP contribution in [0.3, 0.4) is 0 Å². The largest absolute Gasteiger partial charge is 0.447 e. The van der Waals surface area contributed by atoms with Crippen molar-refractivity contribution >= 4 is 17.7 Å². The molecule has 2 amide bonds. The topological polar surface area (TPSA) is 59.1 Å². The molecule has 0 N–H and O–H groups in total. The van der Waals surface area contributed by atoms with Crippen molar-refractivity contribution in [3.05, 3.63) is 65.7 Å². The Labute approximate surface area is 165 Å². The predicted octanol–water partition coefficient (Wildman–Crippen LogP) is 3.71. The highest BCUT2D eigenvalue weighted by Crippen LogP contribution is 2.25. The van der Waals surface area contributed by atoms with E-state index in [0.29, 0.717) is 37.6 Å². The van der Waals surface area contributed by atoms with Gasteiger partial charge in [0.1, 0.15) is 6.61 Å². The standard InChI is InChI=1S/C22H26N2O4/c1-22(2,16-27-3)24(15-17-8-5-4-6-9-17)20(25)18-10-7-11-19(14-18)23-12-13-28-21(23)26/h4-11,14H,12-13,15-16H2,1-3H3. The first-order valence-corrected chi connectivity index (χ1v) is 9.31. The van der Waals surface area contributed by atoms with Crippen LogP contribution in [0.15, 0.2) is 54.6 Å². The van der Waals surface area contributed by atoms with Gasteiger partial charge in [-0.3, -0.25) is 9.69 Å². The molecule has 0 aliphatic carbocycles. The Kier molecular flexibility index (Phi) is 5.99. The maximum absolute atomic E-state index is 13.5. The quantitative estimate of drug-likeness (QED) is 0.732. The summed E-state index contributed by atoms with van der Waals surface area (Å²) in [5, 5.41) is 0. The molecule has 0 aromatic heterocycles. The number of carbonyl (C=O) groups is 2. The molecule has 1 aliphatic rings. The molecule has 6 heteroatoms. The summed E-state index contributed by atoms with van der Waals surface area (Å²) in [7, 11) is 1.63. The van der Waals surface area contributed by atoms with E-state index >= 15 is 0 Å². The summed E-state index contributed by atoms with van der Waals surface area (Å²) in [6.07, 6.45) is -0.384. The predicted molar refractivity (Wildman–Crippen MR) is 107 cm³/mol. The Balaban J connectivity index is 1.91. The molecule has 3 rings (SSSR count). The average molecular weight is 382 g/mol. The maximum atomic E-state index is 13.5. The van der Waals surface area contributed by atoms with Crippen molar-refractivity contribution in [1.29, 1.82) is 0 Å². The van der Waals surface area contributed by atoms with E-state index in [9.17, 15) is 9.59 Å². The fourth-order valence-electron chi connectivity index (χ4n) is 3.35. The van der Waals surface area contributed by atoms with E-state index in [0.717, 1.165) is 5.56 Å². The number of rotatable bonds is 7. The number of ether oxygens (including phenoxy) is 2. The van der Waals surface area contributed by atoms with Gasteiger partial charge in [0.2, 0.25) is 0 Å². The van der Waals surface area contributed by atoms with Crippen molar-refractivity contribution in [3.8, 4) is 0 Å². The zero-order valence-electron chi connectivity index (χ0n) is 16.6. The van der Waals surface area contributed by atoms with Crippen molar-refractivity contribution in [2.24, 2.45) is 0 Å². The van der Waals surface area contributed by atoms with Crippen LogP contribution in [0.1, 0.15) is 29.8 Å². The molecule has 1 fully saturated rings. The van der Waals surface area contributed by atoms with Crippen LogP contribution in [0.2, 0.25) is 0 Å². The van der Waals surface area contributed by atoms with Gasteiger partial charge in [-0.25, -0.2) is 4.79 Å². The molecule has 1 saturated heterocycles. The van der Waals surface area contributed by atoms with Crippen LogP contribution in [0.5, 0.6) is 0 Å². The smallest absolute Gasteiger partial charge is 0.414 e. The van der Waals surface area contributed by atoms with E-state index in [1.807, 2.05) is 55.1 Å². The fraction of sp³-hybridized carbons (Fsp3) is 0.364. The van der Waals surface area contributed by atoms with Crippen LogP contribution in [0, 0.1) is 0 Å². The van der Waals surface area contributed by atoms with E-state index in [4.69, 9.17) is 9.47 Å². The number of hydrogen-bond acceptors (Lipinski definition) is 4. The number of methoxy groups -OCH3 is 1. The minimum absolute atomic E-state index is 0.111. The zero-order chi connectivity index (χ0) is 20.1. The van der Waals surface area contributed by atoms with Crippen LogP contribution in [0.25, 0.3) is 0 Å². The Morgan fingerprint density at radius 3 is 2.57 bits per heavy atom. The molecular weight excluding hydrogens is 356 g/mol. The van der Waals surface area contributed by atoms with Gasteiger partial charge in [0.15, 0.2) is 0 Å². The molecule has 1 aliphatic heterocycles. The lowest BCUT2D eigenvalue weighted by molar-refractivity contribution is 0.0230. The van der Waals surface area contributed by atoms with Crippen LogP contribution < -0.4 is 4.90 Å². The molecule has 0 atom stereocenters. The van der Waals surface area contributed by atoms with Crippen LogP contribution in [0.4, 0.5) is 10.5 Å². The van der Waals surface area contributed by atoms with E-state index in [1.165, 1.54) is 0 Å². The lowest BCUT2D eigenvalue weighted by atomic mass is 10.0. The van der Waals surface area contributed by atoms with Gasteiger partial charge in [-0.1, -0.05) is 36.4 Å². The molecule has 2 aromatic rings. The summed E-state index contributed by atoms with van der Waals surface area (Å²) in [4.78, 5) is 28.7. The molecule has 0 radical (unpaired) electrons. The van der Waals surface area contributed by atoms with E-state index in [-0.39, 0.29) is 12.0 Å². The third kappa shape index (κ3) is 4.34. The van der Waals surface area contributed by atoms with Gasteiger partial charge in [0.05, 0.1) is 18.7 Å². The summed E-state index contributed by atoms with van der Waals surface area (Å²) in [6.45, 7) is 5.69. The first kappa shape index (κ1) is 19.9. The molecule has 28 heavy (non-hydrogen) atoms. The second-order valence-corrected chi connectivity index (χ2v) is 7.44. The average Bonchev–Trinajstić information content (AvgIpc) is 3.12. The first-order valence-electron chi connectivity index (χ1n) is 9.31. The van der Waals surface area contributed by atoms with Crippen LogP contribution >= 0.6 is 0 Å². The summed E-state index contributed by atoms with van der Waals surface area (Å²) in [5.74, 6) is -0.111. The highest BCUT2D eigenvalue weighted by molar-refractivity contribution is 5.97. The number of benzene rings is 2. The van der Waals surface area contributed by atoms with E-state index in [2.05, 4.69) is 0 Å². The van der Waals surface area contributed by atoms with Gasteiger partial charge in [0.25, 0.3) is 5.91 Å². The summed E-state index contributed by atoms with van der Waals surface area (Å²) < 4.78 is 10.4. The maximum Gasteiger partial charge on any atom is 0.414 e. The second-order valence-electron chi connectivity index (χ2n) is 7.44. The highest BCUT2D eigenvalue weighted by Gasteiger charge is 2.32. The van der Waals surface area contributed by atoms with Gasteiger partial charge in [-0.15, -0.1) is 0 Å². The lowest BCUT2D eigenvalue weighted by Gasteiger charge is -2.38. The third-order valence-corrected chi connectivity index (χ3v) is 4.82. The summed E-state index contributed by atoms with van der Waals surface area (Å²) >= 11 is 0. The second kappa shape index (κ2) is 8.44. The molecule has 0 saturated carbocycles. The Bertz CT molecular complexity index is 835. The minimum Gasteiger partial charge on any atom is -0.447 e. The molecule has 0 spiro atoms. The monoisotopic (exact) mass is 382 g/mol. The summed E-state index contributed by atoms with van der Waals surface area (Å²) in [5.41, 5.74) is 1.72. The van der Waals surface area contributed by atoms with Gasteiger partial charge in [0, 0.05) is 24.9 Å². The number of amides is 2. The Morgan fingerprint density at radius 2 is 1.93 bits per heavy atom. The number of carbonyl (C=O) groups excluding carboxylic acids is 2. The number of hydrogen-bond donors (Lipinski definition) is 0. The van der Waals surface area contributed by atoms with Crippen molar-refractivity contribution in [2.75, 3.05) is 31.8 Å². The first-order chi connectivity index (χ1) is 13.4. The van der Waals surface area contributed by atoms with Gasteiger partial charge >= 0.3 is 6.09 Å². The molecular formula is C22H26N2O4. The normalized spacial score (nSPS) is 14.1. The van der Waals surface area contributed by atoms with Gasteiger partial charge in [-0.2, -0.15) is 0 Å². The van der Waals surface area contributed by atoms with Crippen LogP contribution in [-0.2, 0) is 16.0 Å². The van der Waals surface area contributed by atoms with E-state index in [1.54, 1.807) is 30.2 Å². The molecule has 148 valence electrons. The third-order valence-electron chi connectivity index (χ3n) is 4.82. The van der Waals surface area contributed by atoms with Crippen molar-refractivity contribution in [1.82, 2.24) is 4.90 Å². The Hall–Kier alpha value is -2.86. The van der Waals surface area contributed by atoms with Gasteiger partial charge < -0.3 is 14.4 Å². The summed E-state index contributed by atoms with van der Waals surface area (Å²) in [6, 6.07) is 17.0. The molecule has 0 unspecified atom stereocenters. The van der Waals surface area contributed by atoms with Crippen molar-refractivity contribution in [2.45, 2.75) is 25.9 Å². The van der Waals surface area contributed by atoms with E-state index < -0.39 is 5.54 Å². The molecule has 1 heterocycles. The Morgan fingerprint density at radius 1 is 1.18 bits per heavy atom. The fourth-order valence-corrected chi connectivity index (χ4v) is 3.35. The van der Waals surface area contributed by atoms with Gasteiger partial charge in [-0.05, 0) is 37.6 Å². The molecule has 0 bridgehead atoms. The number of anilines is 1. The SMILES string of the molecule is COCC(C)(C)N(Cc1ccccc1)C(=O)c1cccc(N2CCOC2=O)c1. The highest BCUT2D eigenvalue weighted by atomic mass is 16.6. The molecule has 6 nitrogen and oxygen atoms in total. The number of cyclic esters (lactones) is 1. The van der Waals surface area contributed by atoms with Crippen molar-refractivity contribution < 1.29 is 19.1 Å². The van der Waals surface area contributed by atoms with Crippen molar-refractivity contribution in [3.63, 3.8) is 0 Å². The minimum atomic E-state index is -0.510. The lowest BCUT2D eigenvalue weighted by Crippen LogP contribution is -2.50. The molecule has 2 aromatic carbocycles.